The standard InChI is InChI=1S/C14H18F2O.C3H8/c1-2-17-12-9-8-11(13(15)14(12)16)10-6-4-3-5-7-10;1-3-2/h8-10H,2-7H2,1H3;3H2,1-2H3. The van der Waals surface area contributed by atoms with Gasteiger partial charge in [0.25, 0.3) is 0 Å². The van der Waals surface area contributed by atoms with E-state index in [4.69, 9.17) is 4.74 Å². The monoisotopic (exact) mass is 284 g/mol. The number of hydrogen-bond donors (Lipinski definition) is 0. The minimum absolute atomic E-state index is 0.0181. The predicted molar refractivity (Wildman–Crippen MR) is 79.3 cm³/mol. The van der Waals surface area contributed by atoms with Crippen molar-refractivity contribution in [3.8, 4) is 5.75 Å². The van der Waals surface area contributed by atoms with Crippen molar-refractivity contribution in [1.82, 2.24) is 0 Å². The van der Waals surface area contributed by atoms with Crippen molar-refractivity contribution in [3.63, 3.8) is 0 Å². The molecule has 0 spiro atoms. The molecule has 0 aliphatic heterocycles. The fourth-order valence-electron chi connectivity index (χ4n) is 2.54. The Morgan fingerprint density at radius 2 is 1.60 bits per heavy atom. The number of benzene rings is 1. The molecule has 1 saturated carbocycles. The van der Waals surface area contributed by atoms with E-state index in [1.807, 2.05) is 0 Å². The van der Waals surface area contributed by atoms with Gasteiger partial charge in [0.05, 0.1) is 6.61 Å². The van der Waals surface area contributed by atoms with Gasteiger partial charge in [0.15, 0.2) is 11.6 Å². The largest absolute Gasteiger partial charge is 0.491 e. The lowest BCUT2D eigenvalue weighted by Gasteiger charge is -2.22. The fourth-order valence-corrected chi connectivity index (χ4v) is 2.54. The summed E-state index contributed by atoms with van der Waals surface area (Å²) in [5, 5.41) is 0. The molecule has 0 heterocycles. The second kappa shape index (κ2) is 8.93. The van der Waals surface area contributed by atoms with Gasteiger partial charge in [0, 0.05) is 0 Å². The molecule has 3 heteroatoms. The molecule has 1 aliphatic rings. The lowest BCUT2D eigenvalue weighted by Crippen LogP contribution is -2.08. The SMILES string of the molecule is CCC.CCOc1ccc(C2CCCCC2)c(F)c1F. The Labute approximate surface area is 121 Å². The molecule has 1 nitrogen and oxygen atoms in total. The van der Waals surface area contributed by atoms with Crippen LogP contribution >= 0.6 is 0 Å². The van der Waals surface area contributed by atoms with E-state index < -0.39 is 11.6 Å². The first-order valence-electron chi connectivity index (χ1n) is 7.76. The molecule has 0 bridgehead atoms. The van der Waals surface area contributed by atoms with Gasteiger partial charge in [0.2, 0.25) is 5.82 Å². The molecule has 1 aromatic rings. The van der Waals surface area contributed by atoms with E-state index >= 15 is 0 Å². The summed E-state index contributed by atoms with van der Waals surface area (Å²) in [4.78, 5) is 0. The molecule has 1 aromatic carbocycles. The van der Waals surface area contributed by atoms with Crippen molar-refractivity contribution in [2.24, 2.45) is 0 Å². The molecular weight excluding hydrogens is 258 g/mol. The highest BCUT2D eigenvalue weighted by Crippen LogP contribution is 2.36. The third-order valence-electron chi connectivity index (χ3n) is 3.42. The average molecular weight is 284 g/mol. The van der Waals surface area contributed by atoms with E-state index in [9.17, 15) is 8.78 Å². The van der Waals surface area contributed by atoms with Crippen molar-refractivity contribution >= 4 is 0 Å². The van der Waals surface area contributed by atoms with E-state index in [0.29, 0.717) is 12.2 Å². The smallest absolute Gasteiger partial charge is 0.200 e. The number of rotatable bonds is 3. The Hall–Kier alpha value is -1.12. The van der Waals surface area contributed by atoms with Crippen LogP contribution in [-0.4, -0.2) is 6.61 Å². The first-order valence-corrected chi connectivity index (χ1v) is 7.76. The summed E-state index contributed by atoms with van der Waals surface area (Å²) in [5.41, 5.74) is 0.519. The van der Waals surface area contributed by atoms with Crippen LogP contribution in [0.25, 0.3) is 0 Å². The lowest BCUT2D eigenvalue weighted by atomic mass is 9.84. The van der Waals surface area contributed by atoms with Gasteiger partial charge >= 0.3 is 0 Å². The highest BCUT2D eigenvalue weighted by atomic mass is 19.2. The minimum atomic E-state index is -0.838. The van der Waals surface area contributed by atoms with Gasteiger partial charge in [0.1, 0.15) is 0 Å². The van der Waals surface area contributed by atoms with Crippen molar-refractivity contribution in [2.75, 3.05) is 6.61 Å². The second-order valence-electron chi connectivity index (χ2n) is 5.26. The molecule has 1 fully saturated rings. The van der Waals surface area contributed by atoms with Crippen molar-refractivity contribution < 1.29 is 13.5 Å². The van der Waals surface area contributed by atoms with Gasteiger partial charge in [-0.1, -0.05) is 45.6 Å². The summed E-state index contributed by atoms with van der Waals surface area (Å²) in [6.07, 6.45) is 6.60. The summed E-state index contributed by atoms with van der Waals surface area (Å²) in [5.74, 6) is -1.36. The Balaban J connectivity index is 0.000000612. The third kappa shape index (κ3) is 4.46. The quantitative estimate of drug-likeness (QED) is 0.678. The lowest BCUT2D eigenvalue weighted by molar-refractivity contribution is 0.311. The first-order chi connectivity index (χ1) is 9.65. The number of hydrogen-bond acceptors (Lipinski definition) is 1. The van der Waals surface area contributed by atoms with Gasteiger partial charge < -0.3 is 4.74 Å². The molecule has 0 saturated heterocycles. The maximum Gasteiger partial charge on any atom is 0.200 e. The summed E-state index contributed by atoms with van der Waals surface area (Å²) in [6, 6.07) is 3.23. The van der Waals surface area contributed by atoms with Crippen LogP contribution in [-0.2, 0) is 0 Å². The van der Waals surface area contributed by atoms with E-state index in [1.165, 1.54) is 12.8 Å². The average Bonchev–Trinajstić information content (AvgIpc) is 2.46. The zero-order chi connectivity index (χ0) is 15.0. The molecular formula is C17H26F2O. The van der Waals surface area contributed by atoms with Crippen LogP contribution in [0, 0.1) is 11.6 Å². The van der Waals surface area contributed by atoms with Crippen molar-refractivity contribution in [3.05, 3.63) is 29.3 Å². The molecule has 0 unspecified atom stereocenters. The molecule has 1 aliphatic carbocycles. The zero-order valence-corrected chi connectivity index (χ0v) is 12.8. The molecule has 2 rings (SSSR count). The molecule has 20 heavy (non-hydrogen) atoms. The van der Waals surface area contributed by atoms with Crippen LogP contribution in [0.5, 0.6) is 5.75 Å². The molecule has 0 N–H and O–H groups in total. The van der Waals surface area contributed by atoms with Crippen LogP contribution in [0.4, 0.5) is 8.78 Å². The summed E-state index contributed by atoms with van der Waals surface area (Å²) < 4.78 is 32.7. The summed E-state index contributed by atoms with van der Waals surface area (Å²) >= 11 is 0. The Kier molecular flexibility index (Phi) is 7.56. The second-order valence-corrected chi connectivity index (χ2v) is 5.26. The van der Waals surface area contributed by atoms with Crippen LogP contribution in [0.1, 0.15) is 70.8 Å². The minimum Gasteiger partial charge on any atom is -0.491 e. The van der Waals surface area contributed by atoms with Gasteiger partial charge in [-0.3, -0.25) is 0 Å². The maximum absolute atomic E-state index is 13.9. The fraction of sp³-hybridized carbons (Fsp3) is 0.647. The molecule has 0 atom stereocenters. The Morgan fingerprint density at radius 1 is 1.00 bits per heavy atom. The molecule has 0 aromatic heterocycles. The zero-order valence-electron chi connectivity index (χ0n) is 12.8. The van der Waals surface area contributed by atoms with E-state index in [-0.39, 0.29) is 11.7 Å². The highest BCUT2D eigenvalue weighted by molar-refractivity contribution is 5.33. The molecule has 0 amide bonds. The summed E-state index contributed by atoms with van der Waals surface area (Å²) in [6.45, 7) is 6.35. The molecule has 114 valence electrons. The van der Waals surface area contributed by atoms with Gasteiger partial charge in [-0.05, 0) is 37.3 Å². The topological polar surface area (TPSA) is 9.23 Å². The van der Waals surface area contributed by atoms with Gasteiger partial charge in [-0.25, -0.2) is 4.39 Å². The van der Waals surface area contributed by atoms with E-state index in [0.717, 1.165) is 25.7 Å². The van der Waals surface area contributed by atoms with Crippen LogP contribution < -0.4 is 4.74 Å². The van der Waals surface area contributed by atoms with Gasteiger partial charge in [-0.15, -0.1) is 0 Å². The molecule has 0 radical (unpaired) electrons. The van der Waals surface area contributed by atoms with Crippen molar-refractivity contribution in [1.29, 1.82) is 0 Å². The van der Waals surface area contributed by atoms with Crippen LogP contribution in [0.15, 0.2) is 12.1 Å². The normalized spacial score (nSPS) is 15.4. The predicted octanol–water partition coefficient (Wildman–Crippen LogP) is 5.83. The van der Waals surface area contributed by atoms with E-state index in [2.05, 4.69) is 13.8 Å². The Morgan fingerprint density at radius 3 is 2.15 bits per heavy atom. The number of halogens is 2. The first kappa shape index (κ1) is 16.9. The van der Waals surface area contributed by atoms with Gasteiger partial charge in [-0.2, -0.15) is 4.39 Å². The number of ether oxygens (including phenoxy) is 1. The summed E-state index contributed by atoms with van der Waals surface area (Å²) in [7, 11) is 0. The van der Waals surface area contributed by atoms with Crippen molar-refractivity contribution in [2.45, 2.75) is 65.2 Å². The van der Waals surface area contributed by atoms with Crippen LogP contribution in [0.2, 0.25) is 0 Å². The highest BCUT2D eigenvalue weighted by Gasteiger charge is 2.22. The van der Waals surface area contributed by atoms with Crippen LogP contribution in [0.3, 0.4) is 0 Å². The maximum atomic E-state index is 13.9. The van der Waals surface area contributed by atoms with E-state index in [1.54, 1.807) is 19.1 Å². The third-order valence-corrected chi connectivity index (χ3v) is 3.42. The Bertz CT molecular complexity index is 398.